The number of aryl methyl sites for hydroxylation is 1. The van der Waals surface area contributed by atoms with Gasteiger partial charge in [0.2, 0.25) is 5.91 Å². The normalized spacial score (nSPS) is 14.4. The maximum absolute atomic E-state index is 13.9. The van der Waals surface area contributed by atoms with Crippen LogP contribution in [-0.2, 0) is 16.2 Å². The van der Waals surface area contributed by atoms with Crippen molar-refractivity contribution in [2.75, 3.05) is 11.9 Å². The van der Waals surface area contributed by atoms with Gasteiger partial charge < -0.3 is 10.1 Å². The highest BCUT2D eigenvalue weighted by atomic mass is 79.9. The van der Waals surface area contributed by atoms with E-state index in [0.29, 0.717) is 36.5 Å². The molecule has 3 aromatic carbocycles. The number of halogens is 4. The Kier molecular flexibility index (Phi) is 8.74. The average Bonchev–Trinajstić information content (AvgIpc) is 3.09. The highest BCUT2D eigenvalue weighted by molar-refractivity contribution is 9.11. The lowest BCUT2D eigenvalue weighted by atomic mass is 10.2. The second-order valence-corrected chi connectivity index (χ2v) is 11.1. The molecule has 1 aliphatic rings. The summed E-state index contributed by atoms with van der Waals surface area (Å²) in [5.74, 6) is -0.990. The molecule has 1 saturated heterocycles. The van der Waals surface area contributed by atoms with E-state index >= 15 is 0 Å². The smallest absolute Gasteiger partial charge is 0.294 e. The van der Waals surface area contributed by atoms with Crippen molar-refractivity contribution in [3.8, 4) is 5.75 Å². The molecular weight excluding hydrogens is 651 g/mol. The number of hydrogen-bond acceptors (Lipinski definition) is 5. The Bertz CT molecular complexity index is 1430. The monoisotopic (exact) mass is 666 g/mol. The summed E-state index contributed by atoms with van der Waals surface area (Å²) in [7, 11) is 0. The number of anilines is 1. The molecule has 1 N–H and O–H groups in total. The average molecular weight is 669 g/mol. The molecule has 190 valence electrons. The topological polar surface area (TPSA) is 75.7 Å². The first-order valence-corrected chi connectivity index (χ1v) is 13.6. The molecule has 0 aromatic heterocycles. The summed E-state index contributed by atoms with van der Waals surface area (Å²) < 4.78 is 20.8. The van der Waals surface area contributed by atoms with Crippen molar-refractivity contribution in [1.82, 2.24) is 4.90 Å². The molecule has 1 fully saturated rings. The molecule has 4 rings (SSSR count). The van der Waals surface area contributed by atoms with Crippen molar-refractivity contribution in [3.63, 3.8) is 0 Å². The summed E-state index contributed by atoms with van der Waals surface area (Å²) in [5, 5.41) is 2.59. The summed E-state index contributed by atoms with van der Waals surface area (Å²) in [6.07, 6.45) is 1.56. The van der Waals surface area contributed by atoms with E-state index in [0.717, 1.165) is 22.2 Å². The quantitative estimate of drug-likeness (QED) is 0.263. The molecule has 0 radical (unpaired) electrons. The van der Waals surface area contributed by atoms with Gasteiger partial charge in [-0.2, -0.15) is 0 Å². The van der Waals surface area contributed by atoms with E-state index in [-0.39, 0.29) is 17.3 Å². The Labute approximate surface area is 238 Å². The van der Waals surface area contributed by atoms with Gasteiger partial charge in [0.05, 0.1) is 13.9 Å². The lowest BCUT2D eigenvalue weighted by Gasteiger charge is -2.14. The summed E-state index contributed by atoms with van der Waals surface area (Å²) in [6.45, 7) is 1.41. The minimum atomic E-state index is -0.569. The van der Waals surface area contributed by atoms with Gasteiger partial charge in [0.1, 0.15) is 24.7 Å². The van der Waals surface area contributed by atoms with Gasteiger partial charge in [0.25, 0.3) is 11.1 Å². The number of ether oxygens (including phenoxy) is 1. The van der Waals surface area contributed by atoms with Crippen LogP contribution in [0.1, 0.15) is 16.7 Å². The van der Waals surface area contributed by atoms with Crippen LogP contribution in [0, 0.1) is 12.7 Å². The summed E-state index contributed by atoms with van der Waals surface area (Å²) in [6, 6.07) is 14.8. The third-order valence-electron chi connectivity index (χ3n) is 5.30. The molecule has 0 unspecified atom stereocenters. The Morgan fingerprint density at radius 3 is 2.54 bits per heavy atom. The summed E-state index contributed by atoms with van der Waals surface area (Å²) >= 11 is 13.6. The molecule has 3 aromatic rings. The van der Waals surface area contributed by atoms with Gasteiger partial charge in [-0.15, -0.1) is 0 Å². The van der Waals surface area contributed by atoms with E-state index in [4.69, 9.17) is 16.3 Å². The Hall–Kier alpha value is -2.66. The SMILES string of the molecule is Cc1ccc(Cl)cc1NC(=O)CN1C(=O)S/C(=C/c2cc(Br)c(OCc3ccccc3F)c(Br)c2)C1=O. The van der Waals surface area contributed by atoms with Crippen molar-refractivity contribution in [2.24, 2.45) is 0 Å². The number of amides is 3. The largest absolute Gasteiger partial charge is 0.486 e. The van der Waals surface area contributed by atoms with Crippen LogP contribution >= 0.6 is 55.2 Å². The van der Waals surface area contributed by atoms with E-state index in [2.05, 4.69) is 37.2 Å². The van der Waals surface area contributed by atoms with Crippen molar-refractivity contribution < 1.29 is 23.5 Å². The number of carbonyl (C=O) groups is 3. The van der Waals surface area contributed by atoms with Crippen molar-refractivity contribution in [1.29, 1.82) is 0 Å². The number of carbonyl (C=O) groups excluding carboxylic acids is 3. The molecule has 1 aliphatic heterocycles. The molecule has 37 heavy (non-hydrogen) atoms. The van der Waals surface area contributed by atoms with Gasteiger partial charge >= 0.3 is 0 Å². The van der Waals surface area contributed by atoms with Crippen molar-refractivity contribution in [3.05, 3.63) is 96.0 Å². The third-order valence-corrected chi connectivity index (χ3v) is 7.62. The first-order chi connectivity index (χ1) is 17.6. The molecule has 0 spiro atoms. The maximum Gasteiger partial charge on any atom is 0.294 e. The van der Waals surface area contributed by atoms with Crippen molar-refractivity contribution in [2.45, 2.75) is 13.5 Å². The highest BCUT2D eigenvalue weighted by Gasteiger charge is 2.36. The lowest BCUT2D eigenvalue weighted by molar-refractivity contribution is -0.127. The van der Waals surface area contributed by atoms with E-state index in [1.54, 1.807) is 61.5 Å². The molecule has 0 aliphatic carbocycles. The van der Waals surface area contributed by atoms with Crippen LogP contribution in [0.2, 0.25) is 5.02 Å². The second kappa shape index (κ2) is 11.8. The zero-order valence-corrected chi connectivity index (χ0v) is 23.9. The fourth-order valence-electron chi connectivity index (χ4n) is 3.42. The fraction of sp³-hybridized carbons (Fsp3) is 0.115. The van der Waals surface area contributed by atoms with Gasteiger partial charge in [-0.3, -0.25) is 19.3 Å². The number of hydrogen-bond donors (Lipinski definition) is 1. The Balaban J connectivity index is 1.45. The fourth-order valence-corrected chi connectivity index (χ4v) is 5.88. The molecule has 1 heterocycles. The van der Waals surface area contributed by atoms with Gasteiger partial charge in [-0.25, -0.2) is 4.39 Å². The van der Waals surface area contributed by atoms with Crippen LogP contribution in [-0.4, -0.2) is 28.5 Å². The second-order valence-electron chi connectivity index (χ2n) is 7.97. The van der Waals surface area contributed by atoms with Crippen molar-refractivity contribution >= 4 is 84.0 Å². The number of rotatable bonds is 7. The lowest BCUT2D eigenvalue weighted by Crippen LogP contribution is -2.36. The molecule has 0 atom stereocenters. The minimum Gasteiger partial charge on any atom is -0.486 e. The number of nitrogens with zero attached hydrogens (tertiary/aromatic N) is 1. The first kappa shape index (κ1) is 27.4. The van der Waals surface area contributed by atoms with Gasteiger partial charge in [0, 0.05) is 16.3 Å². The third kappa shape index (κ3) is 6.62. The summed E-state index contributed by atoms with van der Waals surface area (Å²) in [5.41, 5.74) is 2.33. The van der Waals surface area contributed by atoms with E-state index in [1.807, 2.05) is 0 Å². The predicted molar refractivity (Wildman–Crippen MR) is 150 cm³/mol. The van der Waals surface area contributed by atoms with E-state index in [1.165, 1.54) is 6.07 Å². The van der Waals surface area contributed by atoms with Gasteiger partial charge in [0.15, 0.2) is 0 Å². The molecule has 0 bridgehead atoms. The van der Waals surface area contributed by atoms with Crippen LogP contribution in [0.3, 0.4) is 0 Å². The van der Waals surface area contributed by atoms with Crippen LogP contribution in [0.15, 0.2) is 68.4 Å². The molecule has 11 heteroatoms. The predicted octanol–water partition coefficient (Wildman–Crippen LogP) is 7.57. The van der Waals surface area contributed by atoms with E-state index < -0.39 is 23.6 Å². The van der Waals surface area contributed by atoms with Crippen LogP contribution in [0.4, 0.5) is 14.9 Å². The molecular formula is C26H18Br2ClFN2O4S. The van der Waals surface area contributed by atoms with Gasteiger partial charge in [-0.05, 0) is 98.1 Å². The maximum atomic E-state index is 13.9. The van der Waals surface area contributed by atoms with Crippen LogP contribution in [0.25, 0.3) is 6.08 Å². The van der Waals surface area contributed by atoms with Crippen LogP contribution in [0.5, 0.6) is 5.75 Å². The molecule has 3 amide bonds. The first-order valence-electron chi connectivity index (χ1n) is 10.8. The zero-order valence-electron chi connectivity index (χ0n) is 19.2. The minimum absolute atomic E-state index is 0.0267. The van der Waals surface area contributed by atoms with E-state index in [9.17, 15) is 18.8 Å². The number of imide groups is 1. The summed E-state index contributed by atoms with van der Waals surface area (Å²) in [4.78, 5) is 39.0. The number of thioether (sulfide) groups is 1. The zero-order chi connectivity index (χ0) is 26.7. The Morgan fingerprint density at radius 2 is 1.84 bits per heavy atom. The number of nitrogens with one attached hydrogen (secondary N) is 1. The van der Waals surface area contributed by atoms with Gasteiger partial charge in [-0.1, -0.05) is 35.9 Å². The highest BCUT2D eigenvalue weighted by Crippen LogP contribution is 2.38. The molecule has 0 saturated carbocycles. The molecule has 6 nitrogen and oxygen atoms in total. The van der Waals surface area contributed by atoms with Crippen LogP contribution < -0.4 is 10.1 Å². The number of benzene rings is 3. The Morgan fingerprint density at radius 1 is 1.14 bits per heavy atom. The standard InChI is InChI=1S/C26H18Br2ClFN2O4S/c1-14-6-7-17(29)11-21(14)31-23(33)12-32-25(34)22(37-26(32)35)10-15-8-18(27)24(19(28)9-15)36-13-16-4-2-3-5-20(16)30/h2-11H,12-13H2,1H3,(H,31,33)/b22-10+.